The van der Waals surface area contributed by atoms with Crippen molar-refractivity contribution >= 4 is 21.7 Å². The number of amides is 1. The zero-order chi connectivity index (χ0) is 19.4. The minimum atomic E-state index is -3.64. The summed E-state index contributed by atoms with van der Waals surface area (Å²) in [5.74, 6) is 0.382. The Labute approximate surface area is 159 Å². The van der Waals surface area contributed by atoms with Gasteiger partial charge in [0.25, 0.3) is 0 Å². The lowest BCUT2D eigenvalue weighted by Gasteiger charge is -2.35. The van der Waals surface area contributed by atoms with Crippen LogP contribution in [0.1, 0.15) is 11.3 Å². The lowest BCUT2D eigenvalue weighted by atomic mass is 10.2. The molecule has 0 aliphatic carbocycles. The van der Waals surface area contributed by atoms with Crippen molar-refractivity contribution in [1.29, 1.82) is 0 Å². The molecule has 146 valence electrons. The summed E-state index contributed by atoms with van der Waals surface area (Å²) in [6.07, 6.45) is 1.06. The van der Waals surface area contributed by atoms with Crippen molar-refractivity contribution in [3.63, 3.8) is 0 Å². The lowest BCUT2D eigenvalue weighted by Crippen LogP contribution is -2.51. The first-order valence-electron chi connectivity index (χ1n) is 8.78. The average Bonchev–Trinajstić information content (AvgIpc) is 3.06. The number of aryl methyl sites for hydroxylation is 1. The number of benzene rings is 1. The van der Waals surface area contributed by atoms with Crippen LogP contribution in [0.5, 0.6) is 0 Å². The van der Waals surface area contributed by atoms with E-state index < -0.39 is 10.0 Å². The molecule has 1 amide bonds. The van der Waals surface area contributed by atoms with Gasteiger partial charge in [-0.1, -0.05) is 35.5 Å². The molecule has 2 aromatic rings. The van der Waals surface area contributed by atoms with E-state index in [-0.39, 0.29) is 18.3 Å². The second kappa shape index (κ2) is 8.10. The molecule has 0 N–H and O–H groups in total. The number of anilines is 1. The Bertz CT molecular complexity index is 874. The average molecular weight is 392 g/mol. The van der Waals surface area contributed by atoms with Crippen LogP contribution < -0.4 is 4.31 Å². The Morgan fingerprint density at radius 3 is 2.41 bits per heavy atom. The standard InChI is InChI=1S/C18H24N4O4S/c1-15-12-17(19-26-15)22(27(2,24)25)14-18(23)21-10-8-20(9-11-21)13-16-6-4-3-5-7-16/h3-7,12H,8-11,13-14H2,1-2H3. The quantitative estimate of drug-likeness (QED) is 0.732. The molecule has 8 nitrogen and oxygen atoms in total. The van der Waals surface area contributed by atoms with Crippen molar-refractivity contribution < 1.29 is 17.7 Å². The molecule has 1 saturated heterocycles. The van der Waals surface area contributed by atoms with Gasteiger partial charge in [0.05, 0.1) is 6.26 Å². The predicted molar refractivity (Wildman–Crippen MR) is 102 cm³/mol. The van der Waals surface area contributed by atoms with E-state index in [0.717, 1.165) is 30.2 Å². The third kappa shape index (κ3) is 5.08. The Balaban J connectivity index is 1.58. The van der Waals surface area contributed by atoms with Crippen LogP contribution in [0.15, 0.2) is 40.9 Å². The van der Waals surface area contributed by atoms with Gasteiger partial charge in [0.1, 0.15) is 12.3 Å². The third-order valence-electron chi connectivity index (χ3n) is 4.52. The molecule has 0 bridgehead atoms. The first-order chi connectivity index (χ1) is 12.8. The molecular weight excluding hydrogens is 368 g/mol. The van der Waals surface area contributed by atoms with Crippen LogP contribution in [0.25, 0.3) is 0 Å². The maximum absolute atomic E-state index is 12.6. The van der Waals surface area contributed by atoms with Crippen molar-refractivity contribution in [2.75, 3.05) is 43.3 Å². The summed E-state index contributed by atoms with van der Waals surface area (Å²) in [4.78, 5) is 16.6. The van der Waals surface area contributed by atoms with Gasteiger partial charge in [-0.2, -0.15) is 0 Å². The van der Waals surface area contributed by atoms with E-state index in [4.69, 9.17) is 4.52 Å². The van der Waals surface area contributed by atoms with Crippen LogP contribution in [0.3, 0.4) is 0 Å². The van der Waals surface area contributed by atoms with E-state index in [9.17, 15) is 13.2 Å². The highest BCUT2D eigenvalue weighted by Gasteiger charge is 2.28. The molecule has 0 spiro atoms. The highest BCUT2D eigenvalue weighted by molar-refractivity contribution is 7.92. The molecule has 9 heteroatoms. The lowest BCUT2D eigenvalue weighted by molar-refractivity contribution is -0.131. The molecule has 1 aromatic carbocycles. The van der Waals surface area contributed by atoms with Gasteiger partial charge in [-0.05, 0) is 12.5 Å². The number of carbonyl (C=O) groups is 1. The summed E-state index contributed by atoms with van der Waals surface area (Å²) in [6, 6.07) is 11.7. The van der Waals surface area contributed by atoms with Gasteiger partial charge in [-0.15, -0.1) is 0 Å². The van der Waals surface area contributed by atoms with Crippen LogP contribution in [0, 0.1) is 6.92 Å². The number of piperazine rings is 1. The van der Waals surface area contributed by atoms with Crippen molar-refractivity contribution in [3.8, 4) is 0 Å². The normalized spacial score (nSPS) is 15.7. The molecule has 1 aromatic heterocycles. The van der Waals surface area contributed by atoms with Crippen molar-refractivity contribution in [1.82, 2.24) is 15.0 Å². The summed E-state index contributed by atoms with van der Waals surface area (Å²) in [6.45, 7) is 4.89. The van der Waals surface area contributed by atoms with Crippen LogP contribution in [-0.2, 0) is 21.4 Å². The van der Waals surface area contributed by atoms with E-state index in [0.29, 0.717) is 18.8 Å². The van der Waals surface area contributed by atoms with Crippen LogP contribution in [0.4, 0.5) is 5.82 Å². The van der Waals surface area contributed by atoms with Gasteiger partial charge in [0.15, 0.2) is 5.82 Å². The van der Waals surface area contributed by atoms with E-state index in [1.807, 2.05) is 18.2 Å². The van der Waals surface area contributed by atoms with E-state index >= 15 is 0 Å². The van der Waals surface area contributed by atoms with Crippen molar-refractivity contribution in [3.05, 3.63) is 47.7 Å². The number of nitrogens with zero attached hydrogens (tertiary/aromatic N) is 4. The Morgan fingerprint density at radius 2 is 1.85 bits per heavy atom. The monoisotopic (exact) mass is 392 g/mol. The Morgan fingerprint density at radius 1 is 1.19 bits per heavy atom. The zero-order valence-corrected chi connectivity index (χ0v) is 16.4. The highest BCUT2D eigenvalue weighted by atomic mass is 32.2. The van der Waals surface area contributed by atoms with E-state index in [1.165, 1.54) is 11.6 Å². The molecule has 1 fully saturated rings. The fourth-order valence-electron chi connectivity index (χ4n) is 3.06. The molecule has 0 saturated carbocycles. The second-order valence-corrected chi connectivity index (χ2v) is 8.61. The van der Waals surface area contributed by atoms with Gasteiger partial charge < -0.3 is 9.42 Å². The van der Waals surface area contributed by atoms with E-state index in [2.05, 4.69) is 22.2 Å². The van der Waals surface area contributed by atoms with Crippen molar-refractivity contribution in [2.24, 2.45) is 0 Å². The molecule has 27 heavy (non-hydrogen) atoms. The molecule has 0 unspecified atom stereocenters. The maximum atomic E-state index is 12.6. The number of hydrogen-bond acceptors (Lipinski definition) is 6. The molecule has 1 aliphatic heterocycles. The fourth-order valence-corrected chi connectivity index (χ4v) is 3.83. The molecule has 1 aliphatic rings. The van der Waals surface area contributed by atoms with Crippen LogP contribution >= 0.6 is 0 Å². The zero-order valence-electron chi connectivity index (χ0n) is 15.5. The smallest absolute Gasteiger partial charge is 0.243 e. The minimum absolute atomic E-state index is 0.131. The molecule has 3 rings (SSSR count). The molecule has 0 radical (unpaired) electrons. The Hall–Kier alpha value is -2.39. The maximum Gasteiger partial charge on any atom is 0.243 e. The first kappa shape index (κ1) is 19.4. The minimum Gasteiger partial charge on any atom is -0.360 e. The van der Waals surface area contributed by atoms with Crippen LogP contribution in [0.2, 0.25) is 0 Å². The molecule has 0 atom stereocenters. The van der Waals surface area contributed by atoms with Gasteiger partial charge in [0.2, 0.25) is 15.9 Å². The summed E-state index contributed by atoms with van der Waals surface area (Å²) < 4.78 is 30.1. The summed E-state index contributed by atoms with van der Waals surface area (Å²) in [5.41, 5.74) is 1.24. The largest absolute Gasteiger partial charge is 0.360 e. The second-order valence-electron chi connectivity index (χ2n) is 6.71. The van der Waals surface area contributed by atoms with Gasteiger partial charge in [0, 0.05) is 38.8 Å². The summed E-state index contributed by atoms with van der Waals surface area (Å²) >= 11 is 0. The number of rotatable bonds is 6. The predicted octanol–water partition coefficient (Wildman–Crippen LogP) is 1.09. The number of hydrogen-bond donors (Lipinski definition) is 0. The summed E-state index contributed by atoms with van der Waals surface area (Å²) in [7, 11) is -3.64. The van der Waals surface area contributed by atoms with Crippen LogP contribution in [-0.4, -0.2) is 68.3 Å². The van der Waals surface area contributed by atoms with Gasteiger partial charge in [-0.3, -0.25) is 9.69 Å². The topological polar surface area (TPSA) is 87.0 Å². The van der Waals surface area contributed by atoms with E-state index in [1.54, 1.807) is 11.8 Å². The van der Waals surface area contributed by atoms with Crippen molar-refractivity contribution in [2.45, 2.75) is 13.5 Å². The first-order valence-corrected chi connectivity index (χ1v) is 10.6. The number of carbonyl (C=O) groups excluding carboxylic acids is 1. The van der Waals surface area contributed by atoms with Gasteiger partial charge >= 0.3 is 0 Å². The Kier molecular flexibility index (Phi) is 5.81. The molecular formula is C18H24N4O4S. The highest BCUT2D eigenvalue weighted by Crippen LogP contribution is 2.17. The molecule has 2 heterocycles. The number of aromatic nitrogens is 1. The van der Waals surface area contributed by atoms with Gasteiger partial charge in [-0.25, -0.2) is 12.7 Å². The SMILES string of the molecule is Cc1cc(N(CC(=O)N2CCN(Cc3ccccc3)CC2)S(C)(=O)=O)no1. The third-order valence-corrected chi connectivity index (χ3v) is 5.64. The number of sulfonamides is 1. The fraction of sp³-hybridized carbons (Fsp3) is 0.444. The summed E-state index contributed by atoms with van der Waals surface area (Å²) in [5, 5.41) is 3.73.